The number of anilines is 1. The molecule has 128 valence electrons. The molecule has 0 fully saturated rings. The van der Waals surface area contributed by atoms with Crippen LogP contribution in [-0.2, 0) is 12.5 Å². The van der Waals surface area contributed by atoms with Gasteiger partial charge in [-0.25, -0.2) is 0 Å². The lowest BCUT2D eigenvalue weighted by molar-refractivity contribution is -0.642. The third-order valence-electron chi connectivity index (χ3n) is 5.91. The molecule has 0 unspecified atom stereocenters. The molecule has 0 radical (unpaired) electrons. The standard InChI is InChI=1S/C22H25N2S/c1-15-22(2,3)17-14-16(10-12-18(17)23(15)4)11-13-21-24(5)19-8-6-7-9-20(19)25-21/h6-15H,1-5H3/q+1/t15-/m0/s1. The van der Waals surface area contributed by atoms with E-state index in [0.717, 1.165) is 0 Å². The van der Waals surface area contributed by atoms with E-state index in [1.54, 1.807) is 0 Å². The van der Waals surface area contributed by atoms with Crippen molar-refractivity contribution in [2.24, 2.45) is 7.05 Å². The van der Waals surface area contributed by atoms with Crippen LogP contribution in [0.25, 0.3) is 22.4 Å². The number of likely N-dealkylation sites (N-methyl/N-ethyl adjacent to an activating group) is 1. The molecule has 0 spiro atoms. The molecule has 2 nitrogen and oxygen atoms in total. The fourth-order valence-electron chi connectivity index (χ4n) is 3.83. The average Bonchev–Trinajstić information content (AvgIpc) is 3.02. The number of hydrogen-bond donors (Lipinski definition) is 0. The van der Waals surface area contributed by atoms with E-state index in [-0.39, 0.29) is 5.41 Å². The minimum atomic E-state index is 0.177. The summed E-state index contributed by atoms with van der Waals surface area (Å²) in [4.78, 5) is 2.40. The van der Waals surface area contributed by atoms with Crippen molar-refractivity contribution in [3.63, 3.8) is 0 Å². The smallest absolute Gasteiger partial charge is 0.262 e. The van der Waals surface area contributed by atoms with Gasteiger partial charge in [-0.3, -0.25) is 0 Å². The lowest BCUT2D eigenvalue weighted by atomic mass is 9.81. The van der Waals surface area contributed by atoms with Gasteiger partial charge >= 0.3 is 0 Å². The molecule has 1 atom stereocenters. The fraction of sp³-hybridized carbons (Fsp3) is 0.318. The first-order chi connectivity index (χ1) is 11.9. The molecule has 0 bridgehead atoms. The van der Waals surface area contributed by atoms with Gasteiger partial charge < -0.3 is 4.90 Å². The first-order valence-corrected chi connectivity index (χ1v) is 9.64. The molecule has 3 aromatic rings. The molecular weight excluding hydrogens is 324 g/mol. The number of rotatable bonds is 2. The summed E-state index contributed by atoms with van der Waals surface area (Å²) in [7, 11) is 4.34. The zero-order chi connectivity index (χ0) is 17.8. The summed E-state index contributed by atoms with van der Waals surface area (Å²) in [6.45, 7) is 7.01. The summed E-state index contributed by atoms with van der Waals surface area (Å²) in [5.74, 6) is 0. The maximum absolute atomic E-state index is 2.40. The first-order valence-electron chi connectivity index (χ1n) is 8.82. The van der Waals surface area contributed by atoms with Crippen LogP contribution < -0.4 is 9.47 Å². The van der Waals surface area contributed by atoms with Crippen molar-refractivity contribution in [2.75, 3.05) is 11.9 Å². The summed E-state index contributed by atoms with van der Waals surface area (Å²) in [5, 5.41) is 1.27. The van der Waals surface area contributed by atoms with E-state index in [4.69, 9.17) is 0 Å². The predicted molar refractivity (Wildman–Crippen MR) is 109 cm³/mol. The van der Waals surface area contributed by atoms with Crippen molar-refractivity contribution in [2.45, 2.75) is 32.2 Å². The van der Waals surface area contributed by atoms with E-state index in [0.29, 0.717) is 6.04 Å². The van der Waals surface area contributed by atoms with Gasteiger partial charge in [0.2, 0.25) is 5.52 Å². The van der Waals surface area contributed by atoms with Crippen LogP contribution in [0.2, 0.25) is 0 Å². The van der Waals surface area contributed by atoms with Crippen LogP contribution in [0.15, 0.2) is 42.5 Å². The van der Waals surface area contributed by atoms with Crippen molar-refractivity contribution in [1.29, 1.82) is 0 Å². The topological polar surface area (TPSA) is 7.12 Å². The molecule has 25 heavy (non-hydrogen) atoms. The van der Waals surface area contributed by atoms with Gasteiger partial charge in [-0.05, 0) is 42.3 Å². The lowest BCUT2D eigenvalue weighted by Gasteiger charge is -2.28. The highest BCUT2D eigenvalue weighted by Gasteiger charge is 2.39. The van der Waals surface area contributed by atoms with Gasteiger partial charge in [0.05, 0.1) is 0 Å². The number of thiazole rings is 1. The number of para-hydroxylation sites is 1. The molecule has 2 aromatic carbocycles. The molecule has 0 N–H and O–H groups in total. The van der Waals surface area contributed by atoms with Gasteiger partial charge in [0.1, 0.15) is 11.7 Å². The van der Waals surface area contributed by atoms with Crippen molar-refractivity contribution < 1.29 is 4.57 Å². The van der Waals surface area contributed by atoms with Crippen LogP contribution in [0.1, 0.15) is 36.9 Å². The maximum atomic E-state index is 2.40. The first kappa shape index (κ1) is 16.3. The minimum absolute atomic E-state index is 0.177. The molecule has 0 saturated carbocycles. The molecule has 3 heteroatoms. The Labute approximate surface area is 154 Å². The monoisotopic (exact) mass is 349 g/mol. The zero-order valence-electron chi connectivity index (χ0n) is 15.6. The Bertz CT molecular complexity index is 981. The number of hydrogen-bond acceptors (Lipinski definition) is 2. The molecule has 0 amide bonds. The van der Waals surface area contributed by atoms with E-state index >= 15 is 0 Å². The highest BCUT2D eigenvalue weighted by molar-refractivity contribution is 7.18. The number of nitrogens with zero attached hydrogens (tertiary/aromatic N) is 2. The highest BCUT2D eigenvalue weighted by atomic mass is 32.1. The van der Waals surface area contributed by atoms with E-state index in [9.17, 15) is 0 Å². The van der Waals surface area contributed by atoms with Gasteiger partial charge in [-0.15, -0.1) is 0 Å². The second-order valence-corrected chi connectivity index (χ2v) is 8.65. The Balaban J connectivity index is 1.71. The molecule has 4 rings (SSSR count). The van der Waals surface area contributed by atoms with Crippen LogP contribution in [-0.4, -0.2) is 13.1 Å². The van der Waals surface area contributed by atoms with E-state index in [1.807, 2.05) is 11.3 Å². The minimum Gasteiger partial charge on any atom is -0.371 e. The maximum Gasteiger partial charge on any atom is 0.262 e. The van der Waals surface area contributed by atoms with Crippen molar-refractivity contribution in [3.8, 4) is 0 Å². The number of aryl methyl sites for hydroxylation is 1. The van der Waals surface area contributed by atoms with E-state index < -0.39 is 0 Å². The zero-order valence-corrected chi connectivity index (χ0v) is 16.4. The quantitative estimate of drug-likeness (QED) is 0.590. The Morgan fingerprint density at radius 2 is 1.88 bits per heavy atom. The van der Waals surface area contributed by atoms with Crippen LogP contribution in [0.5, 0.6) is 0 Å². The second-order valence-electron chi connectivity index (χ2n) is 7.59. The third-order valence-corrected chi connectivity index (χ3v) is 7.09. The van der Waals surface area contributed by atoms with E-state index in [2.05, 4.69) is 99.0 Å². The van der Waals surface area contributed by atoms with Crippen molar-refractivity contribution in [1.82, 2.24) is 0 Å². The Morgan fingerprint density at radius 3 is 2.64 bits per heavy atom. The summed E-state index contributed by atoms with van der Waals surface area (Å²) in [6, 6.07) is 15.9. The van der Waals surface area contributed by atoms with Crippen molar-refractivity contribution in [3.05, 3.63) is 58.6 Å². The molecule has 1 aromatic heterocycles. The van der Waals surface area contributed by atoms with Gasteiger partial charge in [0, 0.05) is 36.3 Å². The SMILES string of the molecule is C[C@@H]1N(C)c2ccc(/C=C/c3sc4ccccc4[n+]3C)cc2C1(C)C. The number of benzene rings is 2. The summed E-state index contributed by atoms with van der Waals surface area (Å²) >= 11 is 1.84. The fourth-order valence-corrected chi connectivity index (χ4v) is 4.89. The van der Waals surface area contributed by atoms with Gasteiger partial charge in [-0.2, -0.15) is 4.57 Å². The number of fused-ring (bicyclic) bond motifs is 2. The lowest BCUT2D eigenvalue weighted by Crippen LogP contribution is -2.36. The Kier molecular flexibility index (Phi) is 3.73. The van der Waals surface area contributed by atoms with Gasteiger partial charge in [0.15, 0.2) is 0 Å². The van der Waals surface area contributed by atoms with E-state index in [1.165, 1.54) is 32.0 Å². The van der Waals surface area contributed by atoms with Crippen LogP contribution in [0.4, 0.5) is 5.69 Å². The molecule has 2 heterocycles. The predicted octanol–water partition coefficient (Wildman–Crippen LogP) is 5.01. The average molecular weight is 350 g/mol. The van der Waals surface area contributed by atoms with Crippen molar-refractivity contribution >= 4 is 39.4 Å². The van der Waals surface area contributed by atoms with Gasteiger partial charge in [0.25, 0.3) is 5.01 Å². The summed E-state index contributed by atoms with van der Waals surface area (Å²) < 4.78 is 3.60. The Hall–Kier alpha value is -2.13. The molecule has 0 saturated heterocycles. The third kappa shape index (κ3) is 2.49. The normalized spacial score (nSPS) is 19.1. The van der Waals surface area contributed by atoms with Gasteiger partial charge in [-0.1, -0.05) is 43.4 Å². The van der Waals surface area contributed by atoms with Crippen LogP contribution >= 0.6 is 11.3 Å². The molecular formula is C22H25N2S+. The summed E-state index contributed by atoms with van der Waals surface area (Å²) in [5.41, 5.74) is 5.55. The second kappa shape index (κ2) is 5.70. The number of aromatic nitrogens is 1. The highest BCUT2D eigenvalue weighted by Crippen LogP contribution is 2.44. The summed E-state index contributed by atoms with van der Waals surface area (Å²) in [6.07, 6.45) is 4.48. The molecule has 0 aliphatic carbocycles. The molecule has 1 aliphatic heterocycles. The van der Waals surface area contributed by atoms with Crippen LogP contribution in [0, 0.1) is 0 Å². The molecule has 1 aliphatic rings. The largest absolute Gasteiger partial charge is 0.371 e. The van der Waals surface area contributed by atoms with Crippen LogP contribution in [0.3, 0.4) is 0 Å². The Morgan fingerprint density at radius 1 is 1.12 bits per heavy atom.